The maximum absolute atomic E-state index is 12.1. The summed E-state index contributed by atoms with van der Waals surface area (Å²) in [4.78, 5) is 4.01. The molecule has 0 amide bonds. The minimum Gasteiger partial charge on any atom is -0.489 e. The molecular formula is C15H22N2O4S. The van der Waals surface area contributed by atoms with Crippen molar-refractivity contribution in [3.63, 3.8) is 0 Å². The van der Waals surface area contributed by atoms with Crippen LogP contribution in [0.2, 0.25) is 0 Å². The molecule has 2 aliphatic rings. The fraction of sp³-hybridized carbons (Fsp3) is 0.667. The SMILES string of the molecule is CCS(=O)(=O)N1CCC2O[C@@H](COc3cccnc3)CCC21. The lowest BCUT2D eigenvalue weighted by atomic mass is 10.0. The van der Waals surface area contributed by atoms with Crippen LogP contribution in [-0.4, -0.2) is 54.9 Å². The molecule has 0 bridgehead atoms. The van der Waals surface area contributed by atoms with Crippen LogP contribution >= 0.6 is 0 Å². The third-order valence-electron chi connectivity index (χ3n) is 4.38. The van der Waals surface area contributed by atoms with E-state index in [2.05, 4.69) is 4.98 Å². The minimum atomic E-state index is -3.13. The zero-order valence-corrected chi connectivity index (χ0v) is 13.5. The lowest BCUT2D eigenvalue weighted by molar-refractivity contribution is -0.0767. The van der Waals surface area contributed by atoms with Gasteiger partial charge in [0.05, 0.1) is 30.2 Å². The van der Waals surface area contributed by atoms with Crippen molar-refractivity contribution in [1.82, 2.24) is 9.29 Å². The van der Waals surface area contributed by atoms with Gasteiger partial charge in [-0.1, -0.05) is 0 Å². The maximum Gasteiger partial charge on any atom is 0.214 e. The molecule has 6 nitrogen and oxygen atoms in total. The number of hydrogen-bond donors (Lipinski definition) is 0. The number of aromatic nitrogens is 1. The topological polar surface area (TPSA) is 68.7 Å². The van der Waals surface area contributed by atoms with Crippen molar-refractivity contribution in [2.45, 2.75) is 44.4 Å². The summed E-state index contributed by atoms with van der Waals surface area (Å²) in [5.74, 6) is 0.888. The van der Waals surface area contributed by atoms with Crippen LogP contribution in [0.15, 0.2) is 24.5 Å². The molecule has 3 rings (SSSR count). The number of nitrogens with zero attached hydrogens (tertiary/aromatic N) is 2. The molecule has 1 aromatic heterocycles. The van der Waals surface area contributed by atoms with Gasteiger partial charge in [0, 0.05) is 12.7 Å². The van der Waals surface area contributed by atoms with E-state index in [-0.39, 0.29) is 24.0 Å². The summed E-state index contributed by atoms with van der Waals surface area (Å²) in [6.45, 7) is 2.74. The molecule has 22 heavy (non-hydrogen) atoms. The minimum absolute atomic E-state index is 0.000378. The van der Waals surface area contributed by atoms with E-state index in [1.807, 2.05) is 12.1 Å². The van der Waals surface area contributed by atoms with E-state index in [0.717, 1.165) is 25.0 Å². The Morgan fingerprint density at radius 2 is 2.27 bits per heavy atom. The van der Waals surface area contributed by atoms with E-state index in [1.165, 1.54) is 0 Å². The lowest BCUT2D eigenvalue weighted by Crippen LogP contribution is -2.46. The molecule has 7 heteroatoms. The first-order valence-corrected chi connectivity index (χ1v) is 9.39. The number of sulfonamides is 1. The first-order valence-electron chi connectivity index (χ1n) is 7.78. The molecule has 0 aromatic carbocycles. The molecule has 2 unspecified atom stereocenters. The number of pyridine rings is 1. The molecule has 1 aromatic rings. The van der Waals surface area contributed by atoms with E-state index in [9.17, 15) is 8.42 Å². The zero-order chi connectivity index (χ0) is 15.6. The summed E-state index contributed by atoms with van der Waals surface area (Å²) in [5, 5.41) is 0. The average Bonchev–Trinajstić information content (AvgIpc) is 2.98. The third kappa shape index (κ3) is 3.26. The second-order valence-corrected chi connectivity index (χ2v) is 7.95. The normalized spacial score (nSPS) is 29.2. The summed E-state index contributed by atoms with van der Waals surface area (Å²) in [5.41, 5.74) is 0. The smallest absolute Gasteiger partial charge is 0.214 e. The predicted octanol–water partition coefficient (Wildman–Crippen LogP) is 1.43. The zero-order valence-electron chi connectivity index (χ0n) is 12.7. The number of fused-ring (bicyclic) bond motifs is 1. The van der Waals surface area contributed by atoms with Crippen molar-refractivity contribution in [1.29, 1.82) is 0 Å². The fourth-order valence-electron chi connectivity index (χ4n) is 3.21. The van der Waals surface area contributed by atoms with E-state index < -0.39 is 10.0 Å². The molecule has 122 valence electrons. The Morgan fingerprint density at radius 1 is 1.41 bits per heavy atom. The average molecular weight is 326 g/mol. The van der Waals surface area contributed by atoms with Crippen LogP contribution in [0, 0.1) is 0 Å². The fourth-order valence-corrected chi connectivity index (χ4v) is 4.58. The van der Waals surface area contributed by atoms with Crippen LogP contribution in [-0.2, 0) is 14.8 Å². The van der Waals surface area contributed by atoms with Crippen molar-refractivity contribution < 1.29 is 17.9 Å². The molecule has 2 aliphatic heterocycles. The maximum atomic E-state index is 12.1. The van der Waals surface area contributed by atoms with E-state index in [4.69, 9.17) is 9.47 Å². The molecular weight excluding hydrogens is 304 g/mol. The molecule has 2 fully saturated rings. The van der Waals surface area contributed by atoms with Crippen molar-refractivity contribution >= 4 is 10.0 Å². The van der Waals surface area contributed by atoms with Gasteiger partial charge in [-0.15, -0.1) is 0 Å². The molecule has 0 spiro atoms. The number of hydrogen-bond acceptors (Lipinski definition) is 5. The Labute approximate surface area is 131 Å². The van der Waals surface area contributed by atoms with Gasteiger partial charge in [-0.05, 0) is 38.3 Å². The second-order valence-electron chi connectivity index (χ2n) is 5.74. The van der Waals surface area contributed by atoms with Crippen LogP contribution < -0.4 is 4.74 Å². The first-order chi connectivity index (χ1) is 10.6. The summed E-state index contributed by atoms with van der Waals surface area (Å²) in [7, 11) is -3.13. The van der Waals surface area contributed by atoms with Crippen molar-refractivity contribution in [3.8, 4) is 5.75 Å². The predicted molar refractivity (Wildman–Crippen MR) is 82.2 cm³/mol. The molecule has 0 radical (unpaired) electrons. The highest BCUT2D eigenvalue weighted by atomic mass is 32.2. The van der Waals surface area contributed by atoms with Gasteiger partial charge in [0.25, 0.3) is 0 Å². The first kappa shape index (κ1) is 15.7. The molecule has 0 N–H and O–H groups in total. The Bertz CT molecular complexity index is 593. The highest BCUT2D eigenvalue weighted by molar-refractivity contribution is 7.89. The second kappa shape index (κ2) is 6.52. The molecule has 3 heterocycles. The monoisotopic (exact) mass is 326 g/mol. The van der Waals surface area contributed by atoms with E-state index in [1.54, 1.807) is 23.6 Å². The van der Waals surface area contributed by atoms with Gasteiger partial charge in [-0.2, -0.15) is 4.31 Å². The summed E-state index contributed by atoms with van der Waals surface area (Å²) in [6.07, 6.45) is 5.82. The van der Waals surface area contributed by atoms with Gasteiger partial charge in [0.15, 0.2) is 0 Å². The lowest BCUT2D eigenvalue weighted by Gasteiger charge is -2.35. The Kier molecular flexibility index (Phi) is 4.65. The molecule has 3 atom stereocenters. The van der Waals surface area contributed by atoms with Gasteiger partial charge in [-0.3, -0.25) is 4.98 Å². The van der Waals surface area contributed by atoms with Crippen molar-refractivity contribution in [2.24, 2.45) is 0 Å². The van der Waals surface area contributed by atoms with Gasteiger partial charge in [0.1, 0.15) is 12.4 Å². The Hall–Kier alpha value is -1.18. The van der Waals surface area contributed by atoms with Gasteiger partial charge in [0.2, 0.25) is 10.0 Å². The number of rotatable bonds is 5. The number of ether oxygens (including phenoxy) is 2. The standard InChI is InChI=1S/C15H22N2O4S/c1-2-22(18,19)17-9-7-15-14(17)6-5-13(21-15)11-20-12-4-3-8-16-10-12/h3-4,8,10,13-15H,2,5-7,9,11H2,1H3/t13-,14?,15?/m1/s1. The Balaban J connectivity index is 1.55. The Morgan fingerprint density at radius 3 is 3.00 bits per heavy atom. The van der Waals surface area contributed by atoms with E-state index >= 15 is 0 Å². The third-order valence-corrected chi connectivity index (χ3v) is 6.27. The van der Waals surface area contributed by atoms with Crippen LogP contribution in [0.5, 0.6) is 5.75 Å². The van der Waals surface area contributed by atoms with Crippen molar-refractivity contribution in [2.75, 3.05) is 18.9 Å². The van der Waals surface area contributed by atoms with Crippen LogP contribution in [0.3, 0.4) is 0 Å². The molecule has 0 aliphatic carbocycles. The molecule has 0 saturated carbocycles. The van der Waals surface area contributed by atoms with Crippen LogP contribution in [0.1, 0.15) is 26.2 Å². The van der Waals surface area contributed by atoms with Gasteiger partial charge < -0.3 is 9.47 Å². The summed E-state index contributed by atoms with van der Waals surface area (Å²) < 4.78 is 37.6. The van der Waals surface area contributed by atoms with Gasteiger partial charge >= 0.3 is 0 Å². The molecule has 2 saturated heterocycles. The van der Waals surface area contributed by atoms with Crippen LogP contribution in [0.25, 0.3) is 0 Å². The highest BCUT2D eigenvalue weighted by Crippen LogP contribution is 2.33. The highest BCUT2D eigenvalue weighted by Gasteiger charge is 2.44. The quantitative estimate of drug-likeness (QED) is 0.819. The van der Waals surface area contributed by atoms with E-state index in [0.29, 0.717) is 13.2 Å². The summed E-state index contributed by atoms with van der Waals surface area (Å²) >= 11 is 0. The van der Waals surface area contributed by atoms with Crippen molar-refractivity contribution in [3.05, 3.63) is 24.5 Å². The van der Waals surface area contributed by atoms with Gasteiger partial charge in [-0.25, -0.2) is 8.42 Å². The summed E-state index contributed by atoms with van der Waals surface area (Å²) in [6, 6.07) is 3.70. The van der Waals surface area contributed by atoms with Crippen LogP contribution in [0.4, 0.5) is 0 Å². The largest absolute Gasteiger partial charge is 0.489 e.